The molecule has 17 heavy (non-hydrogen) atoms. The van der Waals surface area contributed by atoms with Gasteiger partial charge in [-0.1, -0.05) is 0 Å². The first-order valence-corrected chi connectivity index (χ1v) is 5.28. The minimum atomic E-state index is -2.58. The van der Waals surface area contributed by atoms with E-state index < -0.39 is 5.92 Å². The zero-order valence-electron chi connectivity index (χ0n) is 9.20. The summed E-state index contributed by atoms with van der Waals surface area (Å²) in [7, 11) is 1.65. The summed E-state index contributed by atoms with van der Waals surface area (Å²) in [6.45, 7) is -0.506. The highest BCUT2D eigenvalue weighted by atomic mass is 19.3. The maximum absolute atomic E-state index is 12.8. The Morgan fingerprint density at radius 3 is 2.71 bits per heavy atom. The van der Waals surface area contributed by atoms with Crippen molar-refractivity contribution in [2.45, 2.75) is 5.92 Å². The smallest absolute Gasteiger partial charge is 0.326 e. The molecule has 1 aromatic carbocycles. The summed E-state index contributed by atoms with van der Waals surface area (Å²) in [6.07, 6.45) is 0. The molecule has 0 aliphatic carbocycles. The van der Waals surface area contributed by atoms with E-state index in [4.69, 9.17) is 0 Å². The SMILES string of the molecule is Cn1c(=O)[nH]c2ccc(N3CC(F)(F)C3)cc21. The molecule has 0 atom stereocenters. The standard InChI is InChI=1S/C11H11F2N3O/c1-15-9-4-7(16-5-11(12,13)6-16)2-3-8(9)14-10(15)17/h2-4H,5-6H2,1H3,(H,14,17). The number of H-pyrrole nitrogens is 1. The van der Waals surface area contributed by atoms with Crippen molar-refractivity contribution in [3.8, 4) is 0 Å². The summed E-state index contributed by atoms with van der Waals surface area (Å²) in [5, 5.41) is 0. The predicted molar refractivity (Wildman–Crippen MR) is 60.7 cm³/mol. The van der Waals surface area contributed by atoms with E-state index in [1.165, 1.54) is 4.57 Å². The molecule has 0 spiro atoms. The van der Waals surface area contributed by atoms with E-state index in [1.54, 1.807) is 30.1 Å². The Morgan fingerprint density at radius 1 is 1.35 bits per heavy atom. The quantitative estimate of drug-likeness (QED) is 0.815. The highest BCUT2D eigenvalue weighted by Gasteiger charge is 2.43. The van der Waals surface area contributed by atoms with Crippen molar-refractivity contribution in [3.63, 3.8) is 0 Å². The average Bonchev–Trinajstić information content (AvgIpc) is 2.51. The fourth-order valence-electron chi connectivity index (χ4n) is 2.10. The number of hydrogen-bond acceptors (Lipinski definition) is 2. The van der Waals surface area contributed by atoms with Crippen LogP contribution in [0.1, 0.15) is 0 Å². The number of aromatic amines is 1. The molecule has 0 saturated carbocycles. The van der Waals surface area contributed by atoms with E-state index in [1.807, 2.05) is 0 Å². The molecule has 1 aromatic heterocycles. The summed E-state index contributed by atoms with van der Waals surface area (Å²) in [5.41, 5.74) is 1.96. The van der Waals surface area contributed by atoms with Gasteiger partial charge in [-0.05, 0) is 18.2 Å². The second-order valence-corrected chi connectivity index (χ2v) is 4.40. The van der Waals surface area contributed by atoms with Gasteiger partial charge in [0.2, 0.25) is 0 Å². The monoisotopic (exact) mass is 239 g/mol. The number of rotatable bonds is 1. The Bertz CT molecular complexity index is 636. The molecule has 1 aliphatic rings. The van der Waals surface area contributed by atoms with E-state index in [-0.39, 0.29) is 18.8 Å². The van der Waals surface area contributed by atoms with Crippen LogP contribution in [0.2, 0.25) is 0 Å². The number of nitrogens with zero attached hydrogens (tertiary/aromatic N) is 2. The fourth-order valence-corrected chi connectivity index (χ4v) is 2.10. The van der Waals surface area contributed by atoms with Crippen LogP contribution < -0.4 is 10.6 Å². The topological polar surface area (TPSA) is 41.0 Å². The second-order valence-electron chi connectivity index (χ2n) is 4.40. The number of fused-ring (bicyclic) bond motifs is 1. The molecular formula is C11H11F2N3O. The van der Waals surface area contributed by atoms with Crippen LogP contribution in [0.4, 0.5) is 14.5 Å². The summed E-state index contributed by atoms with van der Waals surface area (Å²) in [6, 6.07) is 5.23. The van der Waals surface area contributed by atoms with Gasteiger partial charge in [-0.15, -0.1) is 0 Å². The van der Waals surface area contributed by atoms with Crippen LogP contribution in [0.15, 0.2) is 23.0 Å². The zero-order chi connectivity index (χ0) is 12.2. The summed E-state index contributed by atoms with van der Waals surface area (Å²) in [4.78, 5) is 15.7. The zero-order valence-corrected chi connectivity index (χ0v) is 9.20. The van der Waals surface area contributed by atoms with Gasteiger partial charge in [0.1, 0.15) is 0 Å². The van der Waals surface area contributed by atoms with Gasteiger partial charge in [0.15, 0.2) is 0 Å². The molecular weight excluding hydrogens is 228 g/mol. The first kappa shape index (κ1) is 10.3. The van der Waals surface area contributed by atoms with Crippen LogP contribution in [0, 0.1) is 0 Å². The minimum Gasteiger partial charge on any atom is -0.359 e. The van der Waals surface area contributed by atoms with Crippen molar-refractivity contribution in [2.24, 2.45) is 7.05 Å². The van der Waals surface area contributed by atoms with Gasteiger partial charge < -0.3 is 9.88 Å². The lowest BCUT2D eigenvalue weighted by Crippen LogP contribution is -2.56. The molecule has 0 radical (unpaired) electrons. The lowest BCUT2D eigenvalue weighted by Gasteiger charge is -2.40. The molecule has 1 saturated heterocycles. The third-order valence-electron chi connectivity index (χ3n) is 3.10. The number of hydrogen-bond donors (Lipinski definition) is 1. The summed E-state index contributed by atoms with van der Waals surface area (Å²) in [5.74, 6) is -2.58. The molecule has 1 aliphatic heterocycles. The van der Waals surface area contributed by atoms with Crippen LogP contribution in [0.3, 0.4) is 0 Å². The maximum Gasteiger partial charge on any atom is 0.326 e. The van der Waals surface area contributed by atoms with Crippen molar-refractivity contribution >= 4 is 16.7 Å². The molecule has 0 unspecified atom stereocenters. The molecule has 2 aromatic rings. The Labute approximate surface area is 95.5 Å². The lowest BCUT2D eigenvalue weighted by atomic mass is 10.1. The Kier molecular flexibility index (Phi) is 1.87. The van der Waals surface area contributed by atoms with Gasteiger partial charge >= 0.3 is 5.69 Å². The molecule has 3 rings (SSSR count). The predicted octanol–water partition coefficient (Wildman–Crippen LogP) is 1.32. The summed E-state index contributed by atoms with van der Waals surface area (Å²) < 4.78 is 27.0. The highest BCUT2D eigenvalue weighted by Crippen LogP contribution is 2.32. The fraction of sp³-hybridized carbons (Fsp3) is 0.364. The minimum absolute atomic E-state index is 0.203. The largest absolute Gasteiger partial charge is 0.359 e. The van der Waals surface area contributed by atoms with Crippen LogP contribution >= 0.6 is 0 Å². The molecule has 0 amide bonds. The lowest BCUT2D eigenvalue weighted by molar-refractivity contribution is -0.0262. The molecule has 1 fully saturated rings. The Morgan fingerprint density at radius 2 is 2.06 bits per heavy atom. The number of anilines is 1. The second kappa shape index (κ2) is 3.09. The number of nitrogens with one attached hydrogen (secondary N) is 1. The third kappa shape index (κ3) is 1.51. The molecule has 4 nitrogen and oxygen atoms in total. The van der Waals surface area contributed by atoms with Gasteiger partial charge in [0.25, 0.3) is 5.92 Å². The summed E-state index contributed by atoms with van der Waals surface area (Å²) >= 11 is 0. The van der Waals surface area contributed by atoms with Crippen molar-refractivity contribution in [1.29, 1.82) is 0 Å². The molecule has 1 N–H and O–H groups in total. The van der Waals surface area contributed by atoms with Crippen LogP contribution in [0.5, 0.6) is 0 Å². The van der Waals surface area contributed by atoms with Crippen molar-refractivity contribution in [3.05, 3.63) is 28.7 Å². The first-order valence-electron chi connectivity index (χ1n) is 5.28. The maximum atomic E-state index is 12.8. The number of benzene rings is 1. The number of halogens is 2. The number of imidazole rings is 1. The van der Waals surface area contributed by atoms with Gasteiger partial charge in [0, 0.05) is 12.7 Å². The third-order valence-corrected chi connectivity index (χ3v) is 3.10. The molecule has 90 valence electrons. The normalized spacial score (nSPS) is 18.4. The van der Waals surface area contributed by atoms with Gasteiger partial charge in [-0.3, -0.25) is 4.57 Å². The van der Waals surface area contributed by atoms with E-state index in [9.17, 15) is 13.6 Å². The van der Waals surface area contributed by atoms with E-state index in [0.29, 0.717) is 5.52 Å². The average molecular weight is 239 g/mol. The molecule has 0 bridgehead atoms. The first-order chi connectivity index (χ1) is 7.96. The highest BCUT2D eigenvalue weighted by molar-refractivity contribution is 5.80. The van der Waals surface area contributed by atoms with E-state index in [2.05, 4.69) is 4.98 Å². The molecule has 6 heteroatoms. The number of aromatic nitrogens is 2. The van der Waals surface area contributed by atoms with Crippen molar-refractivity contribution in [1.82, 2.24) is 9.55 Å². The molecule has 2 heterocycles. The van der Waals surface area contributed by atoms with Gasteiger partial charge in [-0.25, -0.2) is 13.6 Å². The van der Waals surface area contributed by atoms with Crippen molar-refractivity contribution < 1.29 is 8.78 Å². The van der Waals surface area contributed by atoms with E-state index in [0.717, 1.165) is 11.2 Å². The van der Waals surface area contributed by atoms with Gasteiger partial charge in [-0.2, -0.15) is 0 Å². The van der Waals surface area contributed by atoms with Crippen LogP contribution in [-0.2, 0) is 7.05 Å². The van der Waals surface area contributed by atoms with Crippen molar-refractivity contribution in [2.75, 3.05) is 18.0 Å². The van der Waals surface area contributed by atoms with Crippen LogP contribution in [0.25, 0.3) is 11.0 Å². The Hall–Kier alpha value is -1.85. The number of alkyl halides is 2. The van der Waals surface area contributed by atoms with E-state index >= 15 is 0 Å². The Balaban J connectivity index is 2.02. The van der Waals surface area contributed by atoms with Gasteiger partial charge in [0.05, 0.1) is 24.1 Å². The number of aryl methyl sites for hydroxylation is 1. The van der Waals surface area contributed by atoms with Crippen LogP contribution in [-0.4, -0.2) is 28.6 Å².